The fourth-order valence-electron chi connectivity index (χ4n) is 3.14. The zero-order valence-electron chi connectivity index (χ0n) is 15.5. The molecule has 0 heterocycles. The highest BCUT2D eigenvalue weighted by Gasteiger charge is 2.19. The Kier molecular flexibility index (Phi) is 8.13. The summed E-state index contributed by atoms with van der Waals surface area (Å²) in [4.78, 5) is 2.67. The molecule has 0 aliphatic heterocycles. The molecular formula is C25H26S2. The third-order valence-corrected chi connectivity index (χ3v) is 6.99. The summed E-state index contributed by atoms with van der Waals surface area (Å²) in [6.45, 7) is 4.00. The average Bonchev–Trinajstić information content (AvgIpc) is 2.70. The largest absolute Gasteiger partial charge is 0.111 e. The maximum atomic E-state index is 4.00. The zero-order chi connectivity index (χ0) is 18.7. The van der Waals surface area contributed by atoms with Crippen molar-refractivity contribution in [2.24, 2.45) is 5.92 Å². The molecule has 27 heavy (non-hydrogen) atoms. The quantitative estimate of drug-likeness (QED) is 0.197. The van der Waals surface area contributed by atoms with E-state index in [1.165, 1.54) is 15.4 Å². The van der Waals surface area contributed by atoms with Gasteiger partial charge in [-0.2, -0.15) is 0 Å². The third-order valence-electron chi connectivity index (χ3n) is 4.41. The summed E-state index contributed by atoms with van der Waals surface area (Å²) in [6.07, 6.45) is 5.38. The van der Waals surface area contributed by atoms with E-state index >= 15 is 0 Å². The first-order valence-electron chi connectivity index (χ1n) is 9.41. The van der Waals surface area contributed by atoms with Gasteiger partial charge in [-0.15, -0.1) is 30.1 Å². The second-order valence-corrected chi connectivity index (χ2v) is 9.46. The van der Waals surface area contributed by atoms with Gasteiger partial charge in [0.15, 0.2) is 0 Å². The maximum absolute atomic E-state index is 4.00. The molecule has 0 N–H and O–H groups in total. The molecule has 0 bridgehead atoms. The van der Waals surface area contributed by atoms with Crippen LogP contribution >= 0.6 is 23.5 Å². The molecule has 0 radical (unpaired) electrons. The molecule has 0 aliphatic rings. The highest BCUT2D eigenvalue weighted by molar-refractivity contribution is 8.17. The van der Waals surface area contributed by atoms with Crippen LogP contribution < -0.4 is 0 Å². The molecule has 0 aliphatic carbocycles. The Morgan fingerprint density at radius 3 is 1.67 bits per heavy atom. The Balaban J connectivity index is 1.73. The van der Waals surface area contributed by atoms with E-state index < -0.39 is 0 Å². The average molecular weight is 391 g/mol. The third kappa shape index (κ3) is 6.97. The molecule has 3 aromatic carbocycles. The number of hydrogen-bond acceptors (Lipinski definition) is 2. The van der Waals surface area contributed by atoms with Gasteiger partial charge < -0.3 is 0 Å². The number of allylic oxidation sites excluding steroid dienone is 1. The second kappa shape index (κ2) is 11.1. The molecule has 3 aromatic rings. The van der Waals surface area contributed by atoms with Crippen LogP contribution in [0.4, 0.5) is 0 Å². The smallest absolute Gasteiger partial charge is 0.0599 e. The number of hydrogen-bond donors (Lipinski definition) is 0. The molecule has 0 aromatic heterocycles. The maximum Gasteiger partial charge on any atom is 0.0599 e. The van der Waals surface area contributed by atoms with Crippen molar-refractivity contribution in [3.05, 3.63) is 109 Å². The van der Waals surface area contributed by atoms with Gasteiger partial charge in [0.1, 0.15) is 0 Å². The Hall–Kier alpha value is -1.90. The molecule has 2 heteroatoms. The Bertz CT molecular complexity index is 743. The first kappa shape index (κ1) is 19.9. The van der Waals surface area contributed by atoms with Gasteiger partial charge in [-0.3, -0.25) is 0 Å². The summed E-state index contributed by atoms with van der Waals surface area (Å²) < 4.78 is 0.475. The number of thioether (sulfide) groups is 2. The monoisotopic (exact) mass is 390 g/mol. The first-order valence-corrected chi connectivity index (χ1v) is 11.2. The predicted octanol–water partition coefficient (Wildman–Crippen LogP) is 7.72. The molecule has 0 nitrogen and oxygen atoms in total. The molecule has 0 fully saturated rings. The molecule has 0 saturated heterocycles. The van der Waals surface area contributed by atoms with Crippen molar-refractivity contribution in [1.82, 2.24) is 0 Å². The second-order valence-electron chi connectivity index (χ2n) is 6.61. The van der Waals surface area contributed by atoms with Crippen molar-refractivity contribution in [2.45, 2.75) is 33.6 Å². The number of benzene rings is 3. The Labute approximate surface area is 172 Å². The van der Waals surface area contributed by atoms with Gasteiger partial charge in [-0.1, -0.05) is 72.8 Å². The minimum atomic E-state index is 0.475. The highest BCUT2D eigenvalue weighted by Crippen LogP contribution is 2.40. The topological polar surface area (TPSA) is 0 Å². The highest BCUT2D eigenvalue weighted by atomic mass is 32.2. The zero-order valence-corrected chi connectivity index (χ0v) is 17.2. The summed E-state index contributed by atoms with van der Waals surface area (Å²) in [6, 6.07) is 32.3. The van der Waals surface area contributed by atoms with E-state index in [0.717, 1.165) is 19.3 Å². The molecule has 1 unspecified atom stereocenters. The van der Waals surface area contributed by atoms with Crippen molar-refractivity contribution < 1.29 is 0 Å². The van der Waals surface area contributed by atoms with Crippen molar-refractivity contribution >= 4 is 23.5 Å². The van der Waals surface area contributed by atoms with Crippen LogP contribution in [-0.2, 0) is 6.42 Å². The van der Waals surface area contributed by atoms with Gasteiger partial charge in [0.05, 0.1) is 4.58 Å². The van der Waals surface area contributed by atoms with Crippen molar-refractivity contribution in [1.29, 1.82) is 0 Å². The van der Waals surface area contributed by atoms with Gasteiger partial charge in [0.2, 0.25) is 0 Å². The fraction of sp³-hybridized carbons (Fsp3) is 0.200. The van der Waals surface area contributed by atoms with Crippen molar-refractivity contribution in [2.75, 3.05) is 0 Å². The van der Waals surface area contributed by atoms with Crippen LogP contribution in [0.15, 0.2) is 113 Å². The van der Waals surface area contributed by atoms with E-state index in [4.69, 9.17) is 0 Å². The molecule has 0 spiro atoms. The predicted molar refractivity (Wildman–Crippen MR) is 121 cm³/mol. The van der Waals surface area contributed by atoms with Crippen LogP contribution in [0.25, 0.3) is 0 Å². The van der Waals surface area contributed by atoms with E-state index in [0.29, 0.717) is 10.5 Å². The lowest BCUT2D eigenvalue weighted by molar-refractivity contribution is 0.510. The summed E-state index contributed by atoms with van der Waals surface area (Å²) in [5, 5.41) is 0. The fourth-order valence-corrected chi connectivity index (χ4v) is 5.97. The van der Waals surface area contributed by atoms with Crippen molar-refractivity contribution in [3.8, 4) is 0 Å². The van der Waals surface area contributed by atoms with Gasteiger partial charge in [0, 0.05) is 9.79 Å². The molecule has 1 atom stereocenters. The summed E-state index contributed by atoms with van der Waals surface area (Å²) in [5.74, 6) is 0.599. The first-order chi connectivity index (χ1) is 13.3. The summed E-state index contributed by atoms with van der Waals surface area (Å²) in [5.41, 5.74) is 1.41. The normalized spacial score (nSPS) is 12.0. The van der Waals surface area contributed by atoms with Crippen LogP contribution in [0.2, 0.25) is 0 Å². The molecule has 3 rings (SSSR count). The van der Waals surface area contributed by atoms with E-state index in [2.05, 4.69) is 104 Å². The van der Waals surface area contributed by atoms with Gasteiger partial charge in [-0.05, 0) is 55.0 Å². The van der Waals surface area contributed by atoms with Gasteiger partial charge >= 0.3 is 0 Å². The lowest BCUT2D eigenvalue weighted by atomic mass is 9.94. The van der Waals surface area contributed by atoms with Crippen LogP contribution in [0.5, 0.6) is 0 Å². The van der Waals surface area contributed by atoms with Crippen LogP contribution in [-0.4, -0.2) is 4.58 Å². The van der Waals surface area contributed by atoms with Crippen LogP contribution in [0.3, 0.4) is 0 Å². The summed E-state index contributed by atoms with van der Waals surface area (Å²) in [7, 11) is 0. The van der Waals surface area contributed by atoms with E-state index in [1.807, 2.05) is 23.5 Å². The molecule has 0 saturated carbocycles. The lowest BCUT2D eigenvalue weighted by Crippen LogP contribution is -2.11. The van der Waals surface area contributed by atoms with Crippen LogP contribution in [0.1, 0.15) is 18.4 Å². The summed E-state index contributed by atoms with van der Waals surface area (Å²) >= 11 is 3.95. The molecular weight excluding hydrogens is 364 g/mol. The van der Waals surface area contributed by atoms with E-state index in [9.17, 15) is 0 Å². The standard InChI is InChI=1S/C25H26S2/c1-2-12-22(19-21-13-6-3-7-14-21)20-25(26-23-15-8-4-9-16-23)27-24-17-10-5-11-18-24/h2-11,13-18,22,25H,1,12,19-20H2. The van der Waals surface area contributed by atoms with E-state index in [1.54, 1.807) is 0 Å². The number of rotatable bonds is 10. The molecule has 138 valence electrons. The minimum Gasteiger partial charge on any atom is -0.111 e. The Morgan fingerprint density at radius 1 is 0.704 bits per heavy atom. The van der Waals surface area contributed by atoms with Crippen molar-refractivity contribution in [3.63, 3.8) is 0 Å². The lowest BCUT2D eigenvalue weighted by Gasteiger charge is -2.23. The van der Waals surface area contributed by atoms with E-state index in [-0.39, 0.29) is 0 Å². The SMILES string of the molecule is C=CCC(Cc1ccccc1)CC(Sc1ccccc1)Sc1ccccc1. The van der Waals surface area contributed by atoms with Gasteiger partial charge in [-0.25, -0.2) is 0 Å². The Morgan fingerprint density at radius 2 is 1.19 bits per heavy atom. The van der Waals surface area contributed by atoms with Crippen LogP contribution in [0, 0.1) is 5.92 Å². The molecule has 0 amide bonds. The van der Waals surface area contributed by atoms with Gasteiger partial charge in [0.25, 0.3) is 0 Å². The minimum absolute atomic E-state index is 0.475.